The molecule has 1 saturated carbocycles. The first kappa shape index (κ1) is 16.5. The Hall–Kier alpha value is -1.95. The highest BCUT2D eigenvalue weighted by Crippen LogP contribution is 2.32. The van der Waals surface area contributed by atoms with Crippen LogP contribution >= 0.6 is 0 Å². The molecule has 1 aromatic heterocycles. The lowest BCUT2D eigenvalue weighted by molar-refractivity contribution is -0.144. The van der Waals surface area contributed by atoms with Crippen LogP contribution in [0.1, 0.15) is 31.4 Å². The van der Waals surface area contributed by atoms with Gasteiger partial charge >= 0.3 is 0 Å². The minimum absolute atomic E-state index is 0.000593. The average molecular weight is 342 g/mol. The van der Waals surface area contributed by atoms with Gasteiger partial charge in [0.05, 0.1) is 11.6 Å². The summed E-state index contributed by atoms with van der Waals surface area (Å²) in [6.07, 6.45) is 5.30. The summed E-state index contributed by atoms with van der Waals surface area (Å²) >= 11 is 0. The summed E-state index contributed by atoms with van der Waals surface area (Å²) in [5.41, 5.74) is 1.08. The zero-order valence-corrected chi connectivity index (χ0v) is 14.6. The van der Waals surface area contributed by atoms with Crippen molar-refractivity contribution in [3.05, 3.63) is 30.1 Å². The standard InChI is InChI=1S/C19H26N4O2/c24-18-7-4-15(13-23(18)17-5-6-17)19(25)22-11-9-21(10-12-22)14-16-3-1-2-8-20-16/h1-3,8,15,17H,4-7,9-14H2/t15-/m0/s1. The summed E-state index contributed by atoms with van der Waals surface area (Å²) in [6, 6.07) is 6.40. The fraction of sp³-hybridized carbons (Fsp3) is 0.632. The zero-order valence-electron chi connectivity index (χ0n) is 14.6. The van der Waals surface area contributed by atoms with Crippen molar-refractivity contribution in [2.24, 2.45) is 5.92 Å². The quantitative estimate of drug-likeness (QED) is 0.823. The zero-order chi connectivity index (χ0) is 17.2. The Morgan fingerprint density at radius 1 is 1.12 bits per heavy atom. The van der Waals surface area contributed by atoms with E-state index in [0.29, 0.717) is 19.0 Å². The topological polar surface area (TPSA) is 56.8 Å². The van der Waals surface area contributed by atoms with E-state index in [-0.39, 0.29) is 17.7 Å². The van der Waals surface area contributed by atoms with Crippen LogP contribution < -0.4 is 0 Å². The first-order chi connectivity index (χ1) is 12.2. The third-order valence-corrected chi connectivity index (χ3v) is 5.58. The van der Waals surface area contributed by atoms with E-state index >= 15 is 0 Å². The Kier molecular flexibility index (Phi) is 4.70. The van der Waals surface area contributed by atoms with Crippen molar-refractivity contribution in [3.8, 4) is 0 Å². The number of pyridine rings is 1. The van der Waals surface area contributed by atoms with Gasteiger partial charge in [0, 0.05) is 57.9 Å². The van der Waals surface area contributed by atoms with E-state index < -0.39 is 0 Å². The van der Waals surface area contributed by atoms with Gasteiger partial charge in [0.15, 0.2) is 0 Å². The van der Waals surface area contributed by atoms with Crippen LogP contribution in [0.5, 0.6) is 0 Å². The van der Waals surface area contributed by atoms with Crippen LogP contribution in [0.4, 0.5) is 0 Å². The van der Waals surface area contributed by atoms with Crippen molar-refractivity contribution in [2.75, 3.05) is 32.7 Å². The van der Waals surface area contributed by atoms with E-state index in [4.69, 9.17) is 0 Å². The van der Waals surface area contributed by atoms with Gasteiger partial charge in [-0.15, -0.1) is 0 Å². The monoisotopic (exact) mass is 342 g/mol. The van der Waals surface area contributed by atoms with Gasteiger partial charge in [-0.2, -0.15) is 0 Å². The lowest BCUT2D eigenvalue weighted by Crippen LogP contribution is -2.53. The lowest BCUT2D eigenvalue weighted by Gasteiger charge is -2.39. The molecule has 3 fully saturated rings. The molecule has 0 N–H and O–H groups in total. The third-order valence-electron chi connectivity index (χ3n) is 5.58. The highest BCUT2D eigenvalue weighted by Gasteiger charge is 2.39. The molecule has 3 heterocycles. The number of piperidine rings is 1. The van der Waals surface area contributed by atoms with Crippen molar-refractivity contribution in [1.29, 1.82) is 0 Å². The van der Waals surface area contributed by atoms with Crippen LogP contribution in [-0.4, -0.2) is 70.3 Å². The Morgan fingerprint density at radius 3 is 2.60 bits per heavy atom. The highest BCUT2D eigenvalue weighted by atomic mass is 16.2. The number of aromatic nitrogens is 1. The second-order valence-corrected chi connectivity index (χ2v) is 7.44. The van der Waals surface area contributed by atoms with Crippen molar-refractivity contribution >= 4 is 11.8 Å². The number of hydrogen-bond acceptors (Lipinski definition) is 4. The van der Waals surface area contributed by atoms with Gasteiger partial charge < -0.3 is 9.80 Å². The predicted molar refractivity (Wildman–Crippen MR) is 93.6 cm³/mol. The van der Waals surface area contributed by atoms with Crippen LogP contribution in [0.25, 0.3) is 0 Å². The van der Waals surface area contributed by atoms with Crippen LogP contribution in [-0.2, 0) is 16.1 Å². The summed E-state index contributed by atoms with van der Waals surface area (Å²) in [5.74, 6) is 0.489. The number of rotatable bonds is 4. The molecule has 0 bridgehead atoms. The van der Waals surface area contributed by atoms with E-state index in [9.17, 15) is 9.59 Å². The summed E-state index contributed by atoms with van der Waals surface area (Å²) in [7, 11) is 0. The van der Waals surface area contributed by atoms with Gasteiger partial charge in [-0.25, -0.2) is 0 Å². The molecule has 134 valence electrons. The molecule has 0 radical (unpaired) electrons. The Balaban J connectivity index is 1.28. The van der Waals surface area contributed by atoms with Gasteiger partial charge in [-0.3, -0.25) is 19.5 Å². The summed E-state index contributed by atoms with van der Waals surface area (Å²) in [4.78, 5) is 35.6. The molecule has 2 saturated heterocycles. The smallest absolute Gasteiger partial charge is 0.227 e. The minimum atomic E-state index is 0.000593. The van der Waals surface area contributed by atoms with Gasteiger partial charge in [0.2, 0.25) is 11.8 Å². The number of piperazine rings is 1. The number of hydrogen-bond donors (Lipinski definition) is 0. The molecular formula is C19H26N4O2. The first-order valence-electron chi connectivity index (χ1n) is 9.41. The molecule has 3 aliphatic rings. The maximum atomic E-state index is 12.9. The molecule has 1 aliphatic carbocycles. The lowest BCUT2D eigenvalue weighted by atomic mass is 9.95. The predicted octanol–water partition coefficient (Wildman–Crippen LogP) is 1.13. The molecule has 0 unspecified atom stereocenters. The van der Waals surface area contributed by atoms with Crippen molar-refractivity contribution in [3.63, 3.8) is 0 Å². The summed E-state index contributed by atoms with van der Waals surface area (Å²) < 4.78 is 0. The molecule has 1 aromatic rings. The highest BCUT2D eigenvalue weighted by molar-refractivity contribution is 5.84. The second-order valence-electron chi connectivity index (χ2n) is 7.44. The second kappa shape index (κ2) is 7.12. The third kappa shape index (κ3) is 3.84. The maximum Gasteiger partial charge on any atom is 0.227 e. The van der Waals surface area contributed by atoms with Gasteiger partial charge in [0.25, 0.3) is 0 Å². The summed E-state index contributed by atoms with van der Waals surface area (Å²) in [6.45, 7) is 4.81. The molecule has 1 atom stereocenters. The largest absolute Gasteiger partial charge is 0.340 e. The van der Waals surface area contributed by atoms with Crippen molar-refractivity contribution < 1.29 is 9.59 Å². The summed E-state index contributed by atoms with van der Waals surface area (Å²) in [5, 5.41) is 0. The minimum Gasteiger partial charge on any atom is -0.340 e. The number of amides is 2. The molecule has 0 spiro atoms. The normalized spacial score (nSPS) is 25.3. The molecule has 0 aromatic carbocycles. The molecule has 2 aliphatic heterocycles. The molecule has 6 nitrogen and oxygen atoms in total. The van der Waals surface area contributed by atoms with Crippen molar-refractivity contribution in [1.82, 2.24) is 19.7 Å². The van der Waals surface area contributed by atoms with E-state index in [1.54, 1.807) is 0 Å². The van der Waals surface area contributed by atoms with Crippen molar-refractivity contribution in [2.45, 2.75) is 38.3 Å². The van der Waals surface area contributed by atoms with Gasteiger partial charge in [0.1, 0.15) is 0 Å². The van der Waals surface area contributed by atoms with Crippen LogP contribution in [0.3, 0.4) is 0 Å². The van der Waals surface area contributed by atoms with E-state index in [1.807, 2.05) is 34.2 Å². The first-order valence-corrected chi connectivity index (χ1v) is 9.41. The Morgan fingerprint density at radius 2 is 1.92 bits per heavy atom. The van der Waals surface area contributed by atoms with Crippen LogP contribution in [0.2, 0.25) is 0 Å². The molecule has 6 heteroatoms. The van der Waals surface area contributed by atoms with Crippen LogP contribution in [0.15, 0.2) is 24.4 Å². The van der Waals surface area contributed by atoms with E-state index in [1.165, 1.54) is 0 Å². The number of carbonyl (C=O) groups is 2. The average Bonchev–Trinajstić information content (AvgIpc) is 3.48. The number of nitrogens with zero attached hydrogens (tertiary/aromatic N) is 4. The number of likely N-dealkylation sites (tertiary alicyclic amines) is 1. The van der Waals surface area contributed by atoms with Crippen LogP contribution in [0, 0.1) is 5.92 Å². The molecule has 25 heavy (non-hydrogen) atoms. The fourth-order valence-corrected chi connectivity index (χ4v) is 3.92. The van der Waals surface area contributed by atoms with Gasteiger partial charge in [-0.05, 0) is 31.4 Å². The molecule has 2 amide bonds. The molecule has 4 rings (SSSR count). The Labute approximate surface area is 148 Å². The molecular weight excluding hydrogens is 316 g/mol. The maximum absolute atomic E-state index is 12.9. The van der Waals surface area contributed by atoms with Gasteiger partial charge in [-0.1, -0.05) is 6.07 Å². The van der Waals surface area contributed by atoms with E-state index in [2.05, 4.69) is 9.88 Å². The fourth-order valence-electron chi connectivity index (χ4n) is 3.92. The Bertz CT molecular complexity index is 624. The van der Waals surface area contributed by atoms with E-state index in [0.717, 1.165) is 57.7 Å². The SMILES string of the molecule is O=C([C@H]1CCC(=O)N(C2CC2)C1)N1CCN(Cc2ccccn2)CC1. The number of carbonyl (C=O) groups excluding carboxylic acids is 2.